The van der Waals surface area contributed by atoms with Crippen molar-refractivity contribution in [2.24, 2.45) is 5.92 Å². The molecule has 0 bridgehead atoms. The van der Waals surface area contributed by atoms with Gasteiger partial charge in [0.05, 0.1) is 18.7 Å². The van der Waals surface area contributed by atoms with Crippen LogP contribution >= 0.6 is 27.5 Å². The number of hydrogen-bond acceptors (Lipinski definition) is 4. The first kappa shape index (κ1) is 13.6. The lowest BCUT2D eigenvalue weighted by Crippen LogP contribution is -2.20. The van der Waals surface area contributed by atoms with Crippen molar-refractivity contribution < 1.29 is 9.53 Å². The fourth-order valence-corrected chi connectivity index (χ4v) is 3.16. The van der Waals surface area contributed by atoms with Crippen LogP contribution in [0.3, 0.4) is 0 Å². The van der Waals surface area contributed by atoms with Crippen molar-refractivity contribution in [3.63, 3.8) is 0 Å². The Hall–Kier alpha value is -1.40. The number of rotatable bonds is 1. The van der Waals surface area contributed by atoms with Crippen LogP contribution in [-0.2, 0) is 22.4 Å². The zero-order valence-electron chi connectivity index (χ0n) is 10.6. The Morgan fingerprint density at radius 1 is 1.45 bits per heavy atom. The van der Waals surface area contributed by atoms with E-state index in [-0.39, 0.29) is 11.9 Å². The number of fused-ring (bicyclic) bond motifs is 3. The van der Waals surface area contributed by atoms with Gasteiger partial charge in [-0.2, -0.15) is 0 Å². The summed E-state index contributed by atoms with van der Waals surface area (Å²) in [4.78, 5) is 11.9. The van der Waals surface area contributed by atoms with Gasteiger partial charge < -0.3 is 4.74 Å². The fourth-order valence-electron chi connectivity index (χ4n) is 2.49. The van der Waals surface area contributed by atoms with Crippen molar-refractivity contribution in [2.75, 3.05) is 7.11 Å². The summed E-state index contributed by atoms with van der Waals surface area (Å²) < 4.78 is 7.38. The summed E-state index contributed by atoms with van der Waals surface area (Å²) in [6.07, 6.45) is 1.05. The van der Waals surface area contributed by atoms with E-state index >= 15 is 0 Å². The summed E-state index contributed by atoms with van der Waals surface area (Å²) in [7, 11) is 1.40. The van der Waals surface area contributed by atoms with Crippen LogP contribution in [0.4, 0.5) is 0 Å². The first-order valence-electron chi connectivity index (χ1n) is 6.06. The zero-order chi connectivity index (χ0) is 14.3. The molecule has 3 rings (SSSR count). The highest BCUT2D eigenvalue weighted by Crippen LogP contribution is 2.31. The van der Waals surface area contributed by atoms with Crippen molar-refractivity contribution in [1.29, 1.82) is 0 Å². The van der Waals surface area contributed by atoms with Gasteiger partial charge in [0.25, 0.3) is 0 Å². The van der Waals surface area contributed by atoms with Gasteiger partial charge in [0.1, 0.15) is 5.82 Å². The second-order valence-corrected chi connectivity index (χ2v) is 5.77. The monoisotopic (exact) mass is 355 g/mol. The number of ether oxygens (including phenoxy) is 1. The summed E-state index contributed by atoms with van der Waals surface area (Å²) in [5, 5.41) is 8.79. The Morgan fingerprint density at radius 2 is 2.25 bits per heavy atom. The summed E-state index contributed by atoms with van der Waals surface area (Å²) >= 11 is 9.45. The molecule has 7 heteroatoms. The lowest BCUT2D eigenvalue weighted by molar-refractivity contribution is -0.145. The van der Waals surface area contributed by atoms with Crippen LogP contribution in [0.15, 0.2) is 22.9 Å². The van der Waals surface area contributed by atoms with Crippen LogP contribution in [0.1, 0.15) is 11.4 Å². The highest BCUT2D eigenvalue weighted by Gasteiger charge is 2.29. The maximum Gasteiger partial charge on any atom is 0.309 e. The molecule has 104 valence electrons. The van der Waals surface area contributed by atoms with Crippen molar-refractivity contribution in [2.45, 2.75) is 12.8 Å². The molecule has 0 aliphatic carbocycles. The minimum atomic E-state index is -0.283. The number of hydrogen-bond donors (Lipinski definition) is 0. The Morgan fingerprint density at radius 3 is 3.00 bits per heavy atom. The minimum absolute atomic E-state index is 0.247. The van der Waals surface area contributed by atoms with Crippen LogP contribution in [0.5, 0.6) is 0 Å². The molecule has 0 spiro atoms. The van der Waals surface area contributed by atoms with Gasteiger partial charge in [-0.25, -0.2) is 0 Å². The average Bonchev–Trinajstić information content (AvgIpc) is 2.70. The number of aromatic nitrogens is 3. The molecule has 1 atom stereocenters. The topological polar surface area (TPSA) is 57.0 Å². The third-order valence-electron chi connectivity index (χ3n) is 3.40. The van der Waals surface area contributed by atoms with Crippen LogP contribution in [-0.4, -0.2) is 27.8 Å². The van der Waals surface area contributed by atoms with Gasteiger partial charge in [-0.05, 0) is 46.1 Å². The van der Waals surface area contributed by atoms with Gasteiger partial charge in [0.15, 0.2) is 0 Å². The smallest absolute Gasteiger partial charge is 0.309 e. The molecule has 20 heavy (non-hydrogen) atoms. The van der Waals surface area contributed by atoms with E-state index in [0.717, 1.165) is 17.1 Å². The Balaban J connectivity index is 2.18. The summed E-state index contributed by atoms with van der Waals surface area (Å²) in [6.45, 7) is 0. The van der Waals surface area contributed by atoms with Crippen molar-refractivity contribution in [3.05, 3.63) is 39.3 Å². The van der Waals surface area contributed by atoms with Crippen molar-refractivity contribution in [3.8, 4) is 5.69 Å². The molecule has 1 unspecified atom stereocenters. The number of esters is 1. The SMILES string of the molecule is COC(=O)C1Cc2cc(Cl)ccc2-n2c(Br)nnc2C1. The first-order chi connectivity index (χ1) is 9.60. The normalized spacial score (nSPS) is 17.1. The quantitative estimate of drug-likeness (QED) is 0.737. The van der Waals surface area contributed by atoms with Gasteiger partial charge in [-0.3, -0.25) is 9.36 Å². The van der Waals surface area contributed by atoms with E-state index in [0.29, 0.717) is 22.6 Å². The molecule has 0 N–H and O–H groups in total. The number of carbonyl (C=O) groups excluding carboxylic acids is 1. The van der Waals surface area contributed by atoms with Crippen LogP contribution < -0.4 is 0 Å². The summed E-state index contributed by atoms with van der Waals surface area (Å²) in [5.74, 6) is 0.200. The molecule has 2 aromatic rings. The number of benzene rings is 1. The molecule has 2 heterocycles. The molecular weight excluding hydrogens is 346 g/mol. The third-order valence-corrected chi connectivity index (χ3v) is 4.15. The lowest BCUT2D eigenvalue weighted by atomic mass is 9.96. The molecule has 0 saturated carbocycles. The molecule has 1 aliphatic heterocycles. The Bertz CT molecular complexity index is 686. The van der Waals surface area contributed by atoms with E-state index in [1.165, 1.54) is 7.11 Å². The summed E-state index contributed by atoms with van der Waals surface area (Å²) in [6, 6.07) is 5.60. The first-order valence-corrected chi connectivity index (χ1v) is 7.23. The van der Waals surface area contributed by atoms with E-state index in [1.54, 1.807) is 0 Å². The zero-order valence-corrected chi connectivity index (χ0v) is 13.0. The van der Waals surface area contributed by atoms with Crippen molar-refractivity contribution >= 4 is 33.5 Å². The predicted octanol–water partition coefficient (Wildman–Crippen LogP) is 2.57. The Labute approximate surface area is 129 Å². The van der Waals surface area contributed by atoms with Crippen LogP contribution in [0.2, 0.25) is 5.02 Å². The second-order valence-electron chi connectivity index (χ2n) is 4.62. The molecule has 0 amide bonds. The third kappa shape index (κ3) is 2.23. The van der Waals surface area contributed by atoms with Crippen LogP contribution in [0, 0.1) is 5.92 Å². The lowest BCUT2D eigenvalue weighted by Gasteiger charge is -2.11. The van der Waals surface area contributed by atoms with E-state index in [4.69, 9.17) is 16.3 Å². The highest BCUT2D eigenvalue weighted by atomic mass is 79.9. The number of carbonyl (C=O) groups is 1. The standard InChI is InChI=1S/C13H11BrClN3O2/c1-20-12(19)8-4-7-5-9(15)2-3-10(7)18-11(6-8)16-17-13(18)14/h2-3,5,8H,4,6H2,1H3. The minimum Gasteiger partial charge on any atom is -0.469 e. The van der Waals surface area contributed by atoms with E-state index < -0.39 is 0 Å². The maximum atomic E-state index is 11.9. The average molecular weight is 357 g/mol. The Kier molecular flexibility index (Phi) is 3.52. The highest BCUT2D eigenvalue weighted by molar-refractivity contribution is 9.10. The van der Waals surface area contributed by atoms with Gasteiger partial charge in [-0.15, -0.1) is 10.2 Å². The van der Waals surface area contributed by atoms with E-state index in [9.17, 15) is 4.79 Å². The number of methoxy groups -OCH3 is 1. The molecule has 1 aromatic carbocycles. The van der Waals surface area contributed by atoms with Gasteiger partial charge in [-0.1, -0.05) is 11.6 Å². The van der Waals surface area contributed by atoms with Gasteiger partial charge >= 0.3 is 5.97 Å². The molecule has 1 aliphatic rings. The molecule has 5 nitrogen and oxygen atoms in total. The van der Waals surface area contributed by atoms with E-state index in [2.05, 4.69) is 26.1 Å². The predicted molar refractivity (Wildman–Crippen MR) is 77.0 cm³/mol. The molecule has 0 saturated heterocycles. The van der Waals surface area contributed by atoms with Crippen LogP contribution in [0.25, 0.3) is 5.69 Å². The maximum absolute atomic E-state index is 11.9. The largest absolute Gasteiger partial charge is 0.469 e. The fraction of sp³-hybridized carbons (Fsp3) is 0.308. The van der Waals surface area contributed by atoms with Crippen molar-refractivity contribution in [1.82, 2.24) is 14.8 Å². The van der Waals surface area contributed by atoms with Gasteiger partial charge in [0.2, 0.25) is 4.73 Å². The molecule has 0 fully saturated rings. The summed E-state index contributed by atoms with van der Waals surface area (Å²) in [5.41, 5.74) is 1.92. The molecular formula is C13H11BrClN3O2. The number of nitrogens with zero attached hydrogens (tertiary/aromatic N) is 3. The van der Waals surface area contributed by atoms with Gasteiger partial charge in [0, 0.05) is 11.4 Å². The number of halogens is 2. The molecule has 0 radical (unpaired) electrons. The molecule has 1 aromatic heterocycles. The van der Waals surface area contributed by atoms with E-state index in [1.807, 2.05) is 22.8 Å². The second kappa shape index (κ2) is 5.18.